The van der Waals surface area contributed by atoms with Gasteiger partial charge in [0.2, 0.25) is 0 Å². The normalized spacial score (nSPS) is 11.3. The first-order chi connectivity index (χ1) is 51.4. The molecule has 0 saturated heterocycles. The highest BCUT2D eigenvalue weighted by molar-refractivity contribution is 5.99. The molecular weight excluding hydrogens is 1270 g/mol. The van der Waals surface area contributed by atoms with E-state index in [2.05, 4.69) is 294 Å². The molecule has 0 bridgehead atoms. The number of nitrogens with zero attached hydrogens (tertiary/aromatic N) is 9. The van der Waals surface area contributed by atoms with Gasteiger partial charge >= 0.3 is 0 Å². The van der Waals surface area contributed by atoms with E-state index in [0.29, 0.717) is 0 Å². The molecule has 0 spiro atoms. The number of hydrogen-bond acceptors (Lipinski definition) is 9. The lowest BCUT2D eigenvalue weighted by Crippen LogP contribution is -1.89. The van der Waals surface area contributed by atoms with Crippen molar-refractivity contribution in [2.24, 2.45) is 0 Å². The topological polar surface area (TPSA) is 116 Å². The molecule has 0 radical (unpaired) electrons. The van der Waals surface area contributed by atoms with Crippen molar-refractivity contribution in [3.8, 4) is 101 Å². The molecule has 0 aliphatic carbocycles. The summed E-state index contributed by atoms with van der Waals surface area (Å²) in [6.45, 7) is 0. The Labute approximate surface area is 600 Å². The first-order valence-corrected chi connectivity index (χ1v) is 34.7. The number of pyridine rings is 9. The fourth-order valence-electron chi connectivity index (χ4n) is 13.7. The average molecular weight is 1330 g/mol. The van der Waals surface area contributed by atoms with Crippen molar-refractivity contribution in [2.75, 3.05) is 0 Å². The molecule has 11 aromatic carbocycles. The van der Waals surface area contributed by atoms with Crippen LogP contribution < -0.4 is 0 Å². The van der Waals surface area contributed by atoms with Gasteiger partial charge in [0, 0.05) is 103 Å². The van der Waals surface area contributed by atoms with E-state index in [9.17, 15) is 0 Å². The number of fused-ring (bicyclic) bond motifs is 8. The average Bonchev–Trinajstić information content (AvgIpc) is 0.791. The van der Waals surface area contributed by atoms with Gasteiger partial charge in [0.25, 0.3) is 0 Å². The number of hydrogen-bond donors (Lipinski definition) is 0. The van der Waals surface area contributed by atoms with Crippen molar-refractivity contribution < 1.29 is 0 Å². The van der Waals surface area contributed by atoms with Gasteiger partial charge in [0.05, 0.1) is 67.3 Å². The van der Waals surface area contributed by atoms with Crippen LogP contribution in [0.3, 0.4) is 0 Å². The van der Waals surface area contributed by atoms with Crippen LogP contribution in [0.4, 0.5) is 0 Å². The van der Waals surface area contributed by atoms with Crippen LogP contribution >= 0.6 is 0 Å². The van der Waals surface area contributed by atoms with Crippen LogP contribution in [0.25, 0.3) is 188 Å². The Hall–Kier alpha value is -14.2. The van der Waals surface area contributed by atoms with Crippen molar-refractivity contribution in [1.29, 1.82) is 0 Å². The highest BCUT2D eigenvalue weighted by atomic mass is 14.7. The summed E-state index contributed by atoms with van der Waals surface area (Å²) in [6, 6.07) is 116. The minimum absolute atomic E-state index is 0.950. The largest absolute Gasteiger partial charge is 0.265 e. The van der Waals surface area contributed by atoms with E-state index in [1.807, 2.05) is 54.6 Å². The smallest absolute Gasteiger partial charge is 0.0715 e. The molecule has 20 rings (SSSR count). The molecule has 0 atom stereocenters. The summed E-state index contributed by atoms with van der Waals surface area (Å²) in [6.07, 6.45) is 10.8. The highest BCUT2D eigenvalue weighted by Gasteiger charge is 2.13. The van der Waals surface area contributed by atoms with Crippen molar-refractivity contribution in [2.45, 2.75) is 0 Å². The first kappa shape index (κ1) is 62.1. The highest BCUT2D eigenvalue weighted by Crippen LogP contribution is 2.36. The number of aromatic nitrogens is 9. The zero-order valence-electron chi connectivity index (χ0n) is 56.2. The van der Waals surface area contributed by atoms with Crippen LogP contribution in [0.1, 0.15) is 0 Å². The standard InChI is InChI=1S/2C33H21N3.C29H19N3/c1-2-6-28-22(4-1)5-3-7-29(28)32-15-12-27-20-25(11-14-31(27)35-32)26-9-8-23-10-13-30(36-33(23)21-26)24-16-18-34-19-17-24;1-2-4-25-19-28(8-5-22(25)3-1)32-14-11-29-20-26(10-13-31(29)35-32)27-7-6-23-9-12-30(36-33(23)21-27)24-15-17-34-18-16-24;1-2-4-20(5-3-1)26-13-10-25-18-23(9-12-28(25)31-26)24-7-6-21-8-11-27(32-29(21)19-24)22-14-16-30-17-15-22/h2*1-21H;1-19H. The molecular formula is C95H61N9. The zero-order valence-corrected chi connectivity index (χ0v) is 56.2. The molecule has 9 heterocycles. The molecule has 0 aliphatic rings. The fraction of sp³-hybridized carbons (Fsp3) is 0. The van der Waals surface area contributed by atoms with E-state index < -0.39 is 0 Å². The van der Waals surface area contributed by atoms with Gasteiger partial charge in [-0.3, -0.25) is 15.0 Å². The van der Waals surface area contributed by atoms with Crippen LogP contribution in [-0.4, -0.2) is 44.9 Å². The summed E-state index contributed by atoms with van der Waals surface area (Å²) in [5, 5.41) is 11.7. The van der Waals surface area contributed by atoms with Gasteiger partial charge in [-0.1, -0.05) is 200 Å². The molecule has 0 amide bonds. The molecule has 9 aromatic heterocycles. The maximum absolute atomic E-state index is 5.01. The summed E-state index contributed by atoms with van der Waals surface area (Å²) in [4.78, 5) is 41.9. The van der Waals surface area contributed by atoms with Crippen LogP contribution in [-0.2, 0) is 0 Å². The summed E-state index contributed by atoms with van der Waals surface area (Å²) in [7, 11) is 0. The van der Waals surface area contributed by atoms with Crippen molar-refractivity contribution in [3.05, 3.63) is 371 Å². The minimum Gasteiger partial charge on any atom is -0.265 e. The lowest BCUT2D eigenvalue weighted by Gasteiger charge is -2.09. The molecule has 9 heteroatoms. The van der Waals surface area contributed by atoms with E-state index in [1.165, 1.54) is 21.5 Å². The Kier molecular flexibility index (Phi) is 16.4. The Morgan fingerprint density at radius 3 is 0.904 bits per heavy atom. The molecule has 0 unspecified atom stereocenters. The second-order valence-electron chi connectivity index (χ2n) is 25.8. The first-order valence-electron chi connectivity index (χ1n) is 34.7. The molecule has 0 N–H and O–H groups in total. The van der Waals surface area contributed by atoms with Crippen LogP contribution in [0, 0.1) is 0 Å². The quantitative estimate of drug-likeness (QED) is 0.139. The summed E-state index contributed by atoms with van der Waals surface area (Å²) < 4.78 is 0. The van der Waals surface area contributed by atoms with Gasteiger partial charge in [-0.15, -0.1) is 0 Å². The third-order valence-corrected chi connectivity index (χ3v) is 19.3. The van der Waals surface area contributed by atoms with Gasteiger partial charge in [0.15, 0.2) is 0 Å². The monoisotopic (exact) mass is 1330 g/mol. The Morgan fingerprint density at radius 2 is 0.442 bits per heavy atom. The maximum Gasteiger partial charge on any atom is 0.0715 e. The van der Waals surface area contributed by atoms with Crippen LogP contribution in [0.5, 0.6) is 0 Å². The van der Waals surface area contributed by atoms with Gasteiger partial charge in [-0.25, -0.2) is 29.9 Å². The minimum atomic E-state index is 0.950. The zero-order chi connectivity index (χ0) is 69.1. The lowest BCUT2D eigenvalue weighted by atomic mass is 9.99. The van der Waals surface area contributed by atoms with Crippen molar-refractivity contribution >= 4 is 87.0 Å². The molecule has 0 aliphatic heterocycles. The summed E-state index contributed by atoms with van der Waals surface area (Å²) in [5.41, 5.74) is 25.2. The Balaban J connectivity index is 0.000000111. The third-order valence-electron chi connectivity index (χ3n) is 19.3. The molecule has 20 aromatic rings. The second-order valence-corrected chi connectivity index (χ2v) is 25.8. The van der Waals surface area contributed by atoms with Crippen LogP contribution in [0.2, 0.25) is 0 Å². The lowest BCUT2D eigenvalue weighted by molar-refractivity contribution is 1.31. The molecule has 104 heavy (non-hydrogen) atoms. The Bertz CT molecular complexity index is 6600. The SMILES string of the molecule is c1ccc(-c2ccc3cc(-c4ccc5ccc(-c6ccncc6)nc5c4)ccc3n2)cc1.c1ccc2c(-c3ccc4cc(-c5ccc6ccc(-c7ccncc7)nc6c5)ccc4n3)cccc2c1.c1ccc2cc(-c3ccc4cc(-c5ccc6ccc(-c7ccncc7)nc6c5)ccc4n3)ccc2c1. The third kappa shape index (κ3) is 12.9. The Morgan fingerprint density at radius 1 is 0.144 bits per heavy atom. The maximum atomic E-state index is 5.01. The predicted octanol–water partition coefficient (Wildman–Crippen LogP) is 23.8. The van der Waals surface area contributed by atoms with E-state index >= 15 is 0 Å². The summed E-state index contributed by atoms with van der Waals surface area (Å²) in [5.74, 6) is 0. The molecule has 9 nitrogen and oxygen atoms in total. The van der Waals surface area contributed by atoms with Gasteiger partial charge in [0.1, 0.15) is 0 Å². The molecule has 486 valence electrons. The van der Waals surface area contributed by atoms with Crippen LogP contribution in [0.15, 0.2) is 371 Å². The predicted molar refractivity (Wildman–Crippen MR) is 428 cm³/mol. The molecule has 0 fully saturated rings. The molecule has 0 saturated carbocycles. The van der Waals surface area contributed by atoms with E-state index in [0.717, 1.165) is 166 Å². The van der Waals surface area contributed by atoms with Crippen molar-refractivity contribution in [3.63, 3.8) is 0 Å². The summed E-state index contributed by atoms with van der Waals surface area (Å²) >= 11 is 0. The second kappa shape index (κ2) is 27.5. The van der Waals surface area contributed by atoms with E-state index in [4.69, 9.17) is 29.9 Å². The van der Waals surface area contributed by atoms with Crippen molar-refractivity contribution in [1.82, 2.24) is 44.9 Å². The van der Waals surface area contributed by atoms with E-state index in [-0.39, 0.29) is 0 Å². The van der Waals surface area contributed by atoms with Gasteiger partial charge < -0.3 is 0 Å². The van der Waals surface area contributed by atoms with Gasteiger partial charge in [-0.2, -0.15) is 0 Å². The van der Waals surface area contributed by atoms with E-state index in [1.54, 1.807) is 37.2 Å². The van der Waals surface area contributed by atoms with Gasteiger partial charge in [-0.05, 0) is 188 Å². The number of rotatable bonds is 9. The fourth-order valence-corrected chi connectivity index (χ4v) is 13.7. The number of benzene rings is 11.